The van der Waals surface area contributed by atoms with Crippen LogP contribution in [-0.2, 0) is 26.2 Å². The Morgan fingerprint density at radius 3 is 1.62 bits per heavy atom. The Hall–Kier alpha value is 0.353. The molecular weight excluding hydrogens is 371 g/mol. The topological polar surface area (TPSA) is 26.5 Å². The molecule has 0 atom stereocenters. The van der Waals surface area contributed by atoms with Gasteiger partial charge in [0.15, 0.2) is 0 Å². The van der Waals surface area contributed by atoms with E-state index in [-0.39, 0.29) is 41.1 Å². The molecule has 0 aromatic heterocycles. The molecule has 0 saturated heterocycles. The number of hydrogen-bond acceptors (Lipinski definition) is 1. The van der Waals surface area contributed by atoms with Gasteiger partial charge in [0, 0.05) is 0 Å². The summed E-state index contributed by atoms with van der Waals surface area (Å²) in [7, 11) is 0. The van der Waals surface area contributed by atoms with Crippen molar-refractivity contribution in [2.45, 2.75) is 83.2 Å². The molecule has 0 aromatic carbocycles. The van der Waals surface area contributed by atoms with Crippen LogP contribution in [0.5, 0.6) is 0 Å². The van der Waals surface area contributed by atoms with Crippen LogP contribution in [0, 0.1) is 47.0 Å². The summed E-state index contributed by atoms with van der Waals surface area (Å²) < 4.78 is 0. The summed E-state index contributed by atoms with van der Waals surface area (Å²) >= 11 is 0. The van der Waals surface area contributed by atoms with E-state index in [4.69, 9.17) is 10.3 Å². The van der Waals surface area contributed by atoms with Crippen molar-refractivity contribution in [3.63, 3.8) is 0 Å². The second kappa shape index (κ2) is 16.8. The van der Waals surface area contributed by atoms with E-state index in [9.17, 15) is 0 Å². The predicted octanol–water partition coefficient (Wildman–Crippen LogP) is 6.36. The van der Waals surface area contributed by atoms with Crippen LogP contribution in [0.25, 0.3) is 5.32 Å². The molecule has 0 aromatic rings. The first kappa shape index (κ1) is 26.6. The van der Waals surface area contributed by atoms with Crippen LogP contribution < -0.4 is 0 Å². The third-order valence-electron chi connectivity index (χ3n) is 4.44. The van der Waals surface area contributed by atoms with E-state index in [1.165, 1.54) is 64.2 Å². The molecule has 5 radical (unpaired) electrons. The summed E-state index contributed by atoms with van der Waals surface area (Å²) in [5.74, 6) is 1.07. The molecule has 2 nitrogen and oxygen atoms in total. The minimum Gasteiger partial charge on any atom is -0.466 e. The summed E-state index contributed by atoms with van der Waals surface area (Å²) in [6.45, 7) is 2.10. The first-order valence-corrected chi connectivity index (χ1v) is 8.76. The minimum absolute atomic E-state index is 0. The summed E-state index contributed by atoms with van der Waals surface area (Å²) in [4.78, 5) is 4.78. The summed E-state index contributed by atoms with van der Waals surface area (Å²) in [6, 6.07) is 1.17. The molecule has 3 aliphatic carbocycles. The standard InChI is InChI=1S/C14H25N2.C5H5.2CH3.Zr/c1-12(15-13-8-4-2-5-9-13)16-14-10-6-3-7-11-14;1-2-4-5-3-1;;;/h13-14H,2-11H2,1H3;1-5H;2*1H3;/q-1;;2*-1;+4. The molecular formula is C21H36N2Zr+. The molecule has 0 bridgehead atoms. The molecule has 0 spiro atoms. The van der Waals surface area contributed by atoms with Gasteiger partial charge in [-0.3, -0.25) is 0 Å². The Kier molecular flexibility index (Phi) is 18.6. The van der Waals surface area contributed by atoms with Crippen molar-refractivity contribution in [1.29, 1.82) is 0 Å². The molecule has 3 fully saturated rings. The van der Waals surface area contributed by atoms with Crippen molar-refractivity contribution >= 4 is 5.84 Å². The van der Waals surface area contributed by atoms with Gasteiger partial charge in [0.1, 0.15) is 0 Å². The van der Waals surface area contributed by atoms with Gasteiger partial charge in [-0.05, 0) is 51.1 Å². The summed E-state index contributed by atoms with van der Waals surface area (Å²) in [5.41, 5.74) is 0. The van der Waals surface area contributed by atoms with Crippen LogP contribution >= 0.6 is 0 Å². The smallest absolute Gasteiger partial charge is 0.466 e. The SMILES string of the molecule is CC(=NC1CCCCC1)[N-]C1CCCCC1.[CH3-].[CH3-].[CH]1[CH][CH][CH][CH]1.[Zr+4]. The van der Waals surface area contributed by atoms with E-state index in [0.717, 1.165) is 5.84 Å². The van der Waals surface area contributed by atoms with Crippen molar-refractivity contribution in [2.75, 3.05) is 0 Å². The number of rotatable bonds is 2. The van der Waals surface area contributed by atoms with E-state index in [1.807, 2.05) is 32.1 Å². The number of hydrogen-bond donors (Lipinski definition) is 0. The van der Waals surface area contributed by atoms with Crippen LogP contribution in [0.2, 0.25) is 0 Å². The van der Waals surface area contributed by atoms with Gasteiger partial charge in [-0.2, -0.15) is 0 Å². The fraction of sp³-hybridized carbons (Fsp3) is 0.619. The van der Waals surface area contributed by atoms with Gasteiger partial charge in [0.2, 0.25) is 0 Å². The molecule has 0 aliphatic heterocycles. The van der Waals surface area contributed by atoms with Gasteiger partial charge in [-0.25, -0.2) is 0 Å². The maximum atomic E-state index is 4.78. The maximum absolute atomic E-state index is 4.78. The van der Waals surface area contributed by atoms with Crippen molar-refractivity contribution < 1.29 is 26.2 Å². The van der Waals surface area contributed by atoms with Crippen LogP contribution in [0.3, 0.4) is 0 Å². The molecule has 3 saturated carbocycles. The Morgan fingerprint density at radius 1 is 0.750 bits per heavy atom. The molecule has 3 heteroatoms. The van der Waals surface area contributed by atoms with Crippen molar-refractivity contribution in [3.8, 4) is 0 Å². The molecule has 0 amide bonds. The van der Waals surface area contributed by atoms with Crippen LogP contribution in [-0.4, -0.2) is 17.9 Å². The molecule has 0 unspecified atom stereocenters. The molecule has 3 aliphatic rings. The third-order valence-corrected chi connectivity index (χ3v) is 4.44. The fourth-order valence-corrected chi connectivity index (χ4v) is 3.30. The van der Waals surface area contributed by atoms with Gasteiger partial charge in [0.05, 0.1) is 0 Å². The summed E-state index contributed by atoms with van der Waals surface area (Å²) in [5, 5.41) is 4.78. The van der Waals surface area contributed by atoms with Crippen LogP contribution in [0.4, 0.5) is 0 Å². The van der Waals surface area contributed by atoms with Crippen LogP contribution in [0.1, 0.15) is 71.1 Å². The van der Waals surface area contributed by atoms with E-state index >= 15 is 0 Å². The fourth-order valence-electron chi connectivity index (χ4n) is 3.30. The Bertz CT molecular complexity index is 281. The molecule has 133 valence electrons. The monoisotopic (exact) mass is 406 g/mol. The predicted molar refractivity (Wildman–Crippen MR) is 105 cm³/mol. The average molecular weight is 408 g/mol. The van der Waals surface area contributed by atoms with E-state index in [0.29, 0.717) is 12.1 Å². The minimum atomic E-state index is 0. The van der Waals surface area contributed by atoms with E-state index in [1.54, 1.807) is 0 Å². The largest absolute Gasteiger partial charge is 4.00 e. The molecule has 3 rings (SSSR count). The second-order valence-electron chi connectivity index (χ2n) is 6.35. The zero-order chi connectivity index (χ0) is 14.8. The molecule has 0 heterocycles. The maximum Gasteiger partial charge on any atom is 4.00 e. The van der Waals surface area contributed by atoms with Crippen molar-refractivity contribution in [3.05, 3.63) is 52.3 Å². The average Bonchev–Trinajstić information content (AvgIpc) is 3.09. The van der Waals surface area contributed by atoms with E-state index in [2.05, 4.69) is 6.92 Å². The van der Waals surface area contributed by atoms with E-state index < -0.39 is 0 Å². The quantitative estimate of drug-likeness (QED) is 0.289. The normalized spacial score (nSPS) is 22.1. The Labute approximate surface area is 172 Å². The molecule has 0 N–H and O–H groups in total. The van der Waals surface area contributed by atoms with Crippen LogP contribution in [0.15, 0.2) is 4.99 Å². The Morgan fingerprint density at radius 2 is 1.17 bits per heavy atom. The zero-order valence-electron chi connectivity index (χ0n) is 16.0. The van der Waals surface area contributed by atoms with Crippen molar-refractivity contribution in [2.24, 2.45) is 4.99 Å². The van der Waals surface area contributed by atoms with Gasteiger partial charge in [0.25, 0.3) is 0 Å². The Balaban J connectivity index is 0. The van der Waals surface area contributed by atoms with Crippen molar-refractivity contribution in [1.82, 2.24) is 0 Å². The zero-order valence-corrected chi connectivity index (χ0v) is 18.5. The third kappa shape index (κ3) is 11.8. The van der Waals surface area contributed by atoms with Gasteiger partial charge in [-0.15, -0.1) is 0 Å². The number of amidine groups is 1. The number of nitrogens with zero attached hydrogens (tertiary/aromatic N) is 2. The second-order valence-corrected chi connectivity index (χ2v) is 6.35. The number of aliphatic imine (C=N–C) groups is 1. The first-order chi connectivity index (χ1) is 10.3. The first-order valence-electron chi connectivity index (χ1n) is 8.76. The van der Waals surface area contributed by atoms with Gasteiger partial charge in [-0.1, -0.05) is 70.0 Å². The van der Waals surface area contributed by atoms with Gasteiger partial charge < -0.3 is 25.2 Å². The molecule has 24 heavy (non-hydrogen) atoms. The summed E-state index contributed by atoms with van der Waals surface area (Å²) in [6.07, 6.45) is 23.4. The van der Waals surface area contributed by atoms with Gasteiger partial charge >= 0.3 is 26.2 Å².